The maximum atomic E-state index is 12.1. The van der Waals surface area contributed by atoms with Gasteiger partial charge in [0, 0.05) is 10.6 Å². The van der Waals surface area contributed by atoms with E-state index in [1.165, 1.54) is 19.4 Å². The summed E-state index contributed by atoms with van der Waals surface area (Å²) >= 11 is 12.9. The minimum atomic E-state index is -0.661. The lowest BCUT2D eigenvalue weighted by atomic mass is 10.2. The van der Waals surface area contributed by atoms with Crippen molar-refractivity contribution in [2.75, 3.05) is 18.2 Å². The smallest absolute Gasteiger partial charge is 0.358 e. The van der Waals surface area contributed by atoms with E-state index < -0.39 is 5.97 Å². The molecule has 144 valence electrons. The van der Waals surface area contributed by atoms with E-state index in [1.807, 2.05) is 0 Å². The van der Waals surface area contributed by atoms with Gasteiger partial charge in [0.25, 0.3) is 5.22 Å². The van der Waals surface area contributed by atoms with Crippen molar-refractivity contribution < 1.29 is 18.7 Å². The molecule has 1 amide bonds. The summed E-state index contributed by atoms with van der Waals surface area (Å²) < 4.78 is 10.1. The zero-order valence-electron chi connectivity index (χ0n) is 14.3. The maximum absolute atomic E-state index is 12.1. The Morgan fingerprint density at radius 3 is 2.64 bits per heavy atom. The first-order valence-corrected chi connectivity index (χ1v) is 9.46. The number of aromatic nitrogens is 3. The highest BCUT2D eigenvalue weighted by Crippen LogP contribution is 2.25. The van der Waals surface area contributed by atoms with Crippen LogP contribution in [0.3, 0.4) is 0 Å². The van der Waals surface area contributed by atoms with Crippen LogP contribution < -0.4 is 5.32 Å². The van der Waals surface area contributed by atoms with E-state index >= 15 is 0 Å². The highest BCUT2D eigenvalue weighted by molar-refractivity contribution is 7.99. The van der Waals surface area contributed by atoms with Gasteiger partial charge in [-0.2, -0.15) is 0 Å². The van der Waals surface area contributed by atoms with E-state index in [-0.39, 0.29) is 27.6 Å². The zero-order valence-corrected chi connectivity index (χ0v) is 16.6. The van der Waals surface area contributed by atoms with Gasteiger partial charge in [-0.05, 0) is 30.3 Å². The minimum Gasteiger partial charge on any atom is -0.464 e. The number of nitrogens with zero attached hydrogens (tertiary/aromatic N) is 3. The molecule has 0 fully saturated rings. The van der Waals surface area contributed by atoms with Gasteiger partial charge in [-0.1, -0.05) is 35.0 Å². The summed E-state index contributed by atoms with van der Waals surface area (Å²) in [7, 11) is 1.23. The highest BCUT2D eigenvalue weighted by atomic mass is 35.5. The number of nitrogens with one attached hydrogen (secondary N) is 1. The molecule has 0 aliphatic rings. The number of carbonyl (C=O) groups is 2. The fourth-order valence-electron chi connectivity index (χ4n) is 2.05. The normalized spacial score (nSPS) is 10.5. The number of amides is 1. The summed E-state index contributed by atoms with van der Waals surface area (Å²) in [6.45, 7) is 0. The number of pyridine rings is 1. The number of benzene rings is 1. The third kappa shape index (κ3) is 5.00. The molecule has 3 aromatic rings. The second-order valence-corrected chi connectivity index (χ2v) is 7.03. The Balaban J connectivity index is 1.57. The van der Waals surface area contributed by atoms with Crippen LogP contribution in [0.1, 0.15) is 10.5 Å². The molecule has 0 atom stereocenters. The molecule has 2 aromatic heterocycles. The molecular formula is C17H12Cl2N4O4S. The molecule has 0 saturated carbocycles. The van der Waals surface area contributed by atoms with E-state index in [9.17, 15) is 9.59 Å². The summed E-state index contributed by atoms with van der Waals surface area (Å²) in [5.41, 5.74) is 1.03. The second-order valence-electron chi connectivity index (χ2n) is 5.26. The third-order valence-electron chi connectivity index (χ3n) is 3.33. The quantitative estimate of drug-likeness (QED) is 0.455. The molecule has 1 aromatic carbocycles. The third-order valence-corrected chi connectivity index (χ3v) is 4.69. The second kappa shape index (κ2) is 9.05. The molecule has 0 aliphatic carbocycles. The van der Waals surface area contributed by atoms with E-state index in [2.05, 4.69) is 25.2 Å². The molecule has 1 N–H and O–H groups in total. The fourth-order valence-corrected chi connectivity index (χ4v) is 2.99. The van der Waals surface area contributed by atoms with E-state index in [0.29, 0.717) is 16.6 Å². The first-order chi connectivity index (χ1) is 13.5. The van der Waals surface area contributed by atoms with Gasteiger partial charge in [0.15, 0.2) is 5.69 Å². The number of rotatable bonds is 6. The number of methoxy groups -OCH3 is 1. The first kappa shape index (κ1) is 20.1. The predicted octanol–water partition coefficient (Wildman–Crippen LogP) is 3.96. The van der Waals surface area contributed by atoms with Gasteiger partial charge < -0.3 is 14.5 Å². The monoisotopic (exact) mass is 438 g/mol. The van der Waals surface area contributed by atoms with Crippen molar-refractivity contribution in [2.45, 2.75) is 5.22 Å². The number of hydrogen-bond donors (Lipinski definition) is 1. The van der Waals surface area contributed by atoms with Gasteiger partial charge in [0.2, 0.25) is 11.8 Å². The summed E-state index contributed by atoms with van der Waals surface area (Å²) in [5, 5.41) is 11.4. The van der Waals surface area contributed by atoms with Crippen LogP contribution in [0, 0.1) is 0 Å². The molecule has 0 spiro atoms. The number of ether oxygens (including phenoxy) is 1. The highest BCUT2D eigenvalue weighted by Gasteiger charge is 2.15. The largest absolute Gasteiger partial charge is 0.464 e. The van der Waals surface area contributed by atoms with Crippen molar-refractivity contribution in [3.8, 4) is 11.5 Å². The van der Waals surface area contributed by atoms with Crippen LogP contribution in [0.4, 0.5) is 5.69 Å². The van der Waals surface area contributed by atoms with Crippen LogP contribution in [-0.2, 0) is 9.53 Å². The molecule has 0 radical (unpaired) electrons. The minimum absolute atomic E-state index is 0.0264. The van der Waals surface area contributed by atoms with Crippen LogP contribution in [0.15, 0.2) is 46.2 Å². The Morgan fingerprint density at radius 2 is 1.96 bits per heavy atom. The molecule has 11 heteroatoms. The number of carbonyl (C=O) groups excluding carboxylic acids is 2. The molecule has 28 heavy (non-hydrogen) atoms. The number of hydrogen-bond acceptors (Lipinski definition) is 8. The standard InChI is InChI=1S/C17H12Cl2N4O4S/c1-26-16(25)14-12(19)6-11(7-20-14)21-13(24)8-28-17-23-22-15(27-17)9-2-4-10(18)5-3-9/h2-7H,8H2,1H3,(H,21,24). The molecule has 0 unspecified atom stereocenters. The predicted molar refractivity (Wildman–Crippen MR) is 105 cm³/mol. The Labute approximate surface area is 173 Å². The van der Waals surface area contributed by atoms with Crippen LogP contribution in [0.25, 0.3) is 11.5 Å². The van der Waals surface area contributed by atoms with E-state index in [1.54, 1.807) is 24.3 Å². The molecule has 8 nitrogen and oxygen atoms in total. The summed E-state index contributed by atoms with van der Waals surface area (Å²) in [4.78, 5) is 27.4. The van der Waals surface area contributed by atoms with Crippen molar-refractivity contribution in [1.82, 2.24) is 15.2 Å². The summed E-state index contributed by atoms with van der Waals surface area (Å²) in [6.07, 6.45) is 1.31. The van der Waals surface area contributed by atoms with Crippen molar-refractivity contribution in [1.29, 1.82) is 0 Å². The number of esters is 1. The topological polar surface area (TPSA) is 107 Å². The summed E-state index contributed by atoms with van der Waals surface area (Å²) in [6, 6.07) is 8.35. The zero-order chi connectivity index (χ0) is 20.1. The van der Waals surface area contributed by atoms with Gasteiger partial charge in [0.05, 0.1) is 29.8 Å². The molecule has 0 saturated heterocycles. The number of halogens is 2. The molecular weight excluding hydrogens is 427 g/mol. The number of thioether (sulfide) groups is 1. The SMILES string of the molecule is COC(=O)c1ncc(NC(=O)CSc2nnc(-c3ccc(Cl)cc3)o2)cc1Cl. The van der Waals surface area contributed by atoms with E-state index in [4.69, 9.17) is 27.6 Å². The van der Waals surface area contributed by atoms with Crippen LogP contribution in [0.5, 0.6) is 0 Å². The average molecular weight is 439 g/mol. The van der Waals surface area contributed by atoms with Crippen molar-refractivity contribution >= 4 is 52.5 Å². The van der Waals surface area contributed by atoms with E-state index in [0.717, 1.165) is 17.3 Å². The lowest BCUT2D eigenvalue weighted by Gasteiger charge is -2.06. The summed E-state index contributed by atoms with van der Waals surface area (Å²) in [5.74, 6) is -0.640. The van der Waals surface area contributed by atoms with Gasteiger partial charge in [-0.3, -0.25) is 4.79 Å². The van der Waals surface area contributed by atoms with Crippen molar-refractivity contribution in [3.05, 3.63) is 52.3 Å². The molecule has 3 rings (SSSR count). The van der Waals surface area contributed by atoms with Crippen molar-refractivity contribution in [2.24, 2.45) is 0 Å². The number of anilines is 1. The van der Waals surface area contributed by atoms with Gasteiger partial charge in [-0.25, -0.2) is 9.78 Å². The van der Waals surface area contributed by atoms with Crippen LogP contribution in [-0.4, -0.2) is 39.9 Å². The van der Waals surface area contributed by atoms with Crippen molar-refractivity contribution in [3.63, 3.8) is 0 Å². The van der Waals surface area contributed by atoms with Crippen LogP contribution >= 0.6 is 35.0 Å². The maximum Gasteiger partial charge on any atom is 0.358 e. The van der Waals surface area contributed by atoms with Gasteiger partial charge >= 0.3 is 5.97 Å². The molecule has 2 heterocycles. The Morgan fingerprint density at radius 1 is 1.21 bits per heavy atom. The Bertz CT molecular complexity index is 1010. The fraction of sp³-hybridized carbons (Fsp3) is 0.118. The van der Waals surface area contributed by atoms with Crippen LogP contribution in [0.2, 0.25) is 10.0 Å². The molecule has 0 aliphatic heterocycles. The lowest BCUT2D eigenvalue weighted by Crippen LogP contribution is -2.15. The average Bonchev–Trinajstić information content (AvgIpc) is 3.15. The van der Waals surface area contributed by atoms with Gasteiger partial charge in [0.1, 0.15) is 0 Å². The Hall–Kier alpha value is -2.62. The van der Waals surface area contributed by atoms with Gasteiger partial charge in [-0.15, -0.1) is 10.2 Å². The lowest BCUT2D eigenvalue weighted by molar-refractivity contribution is -0.113. The molecule has 0 bridgehead atoms. The first-order valence-electron chi connectivity index (χ1n) is 7.72. The Kier molecular flexibility index (Phi) is 6.50.